The summed E-state index contributed by atoms with van der Waals surface area (Å²) in [6.07, 6.45) is 1.91. The molecule has 0 saturated carbocycles. The van der Waals surface area contributed by atoms with Gasteiger partial charge in [0.05, 0.1) is 13.2 Å². The quantitative estimate of drug-likeness (QED) is 0.588. The van der Waals surface area contributed by atoms with Crippen LogP contribution in [0.1, 0.15) is 33.1 Å². The lowest BCUT2D eigenvalue weighted by Gasteiger charge is -2.21. The first-order valence-corrected chi connectivity index (χ1v) is 6.69. The molecule has 0 aromatic carbocycles. The van der Waals surface area contributed by atoms with Crippen LogP contribution >= 0.6 is 0 Å². The molecule has 0 fully saturated rings. The average molecular weight is 274 g/mol. The van der Waals surface area contributed by atoms with E-state index in [1.807, 2.05) is 6.92 Å². The monoisotopic (exact) mass is 274 g/mol. The van der Waals surface area contributed by atoms with Crippen molar-refractivity contribution in [3.05, 3.63) is 0 Å². The van der Waals surface area contributed by atoms with E-state index in [1.165, 1.54) is 4.90 Å². The van der Waals surface area contributed by atoms with Gasteiger partial charge in [0.1, 0.15) is 6.54 Å². The number of ether oxygens (including phenoxy) is 2. The minimum Gasteiger partial charge on any atom is -0.465 e. The van der Waals surface area contributed by atoms with E-state index in [0.29, 0.717) is 26.2 Å². The molecule has 0 radical (unpaired) electrons. The molecule has 1 unspecified atom stereocenters. The van der Waals surface area contributed by atoms with Gasteiger partial charge in [-0.2, -0.15) is 0 Å². The molecule has 1 atom stereocenters. The topological polar surface area (TPSA) is 81.9 Å². The zero-order valence-electron chi connectivity index (χ0n) is 12.2. The zero-order valence-corrected chi connectivity index (χ0v) is 12.2. The lowest BCUT2D eigenvalue weighted by atomic mass is 10.1. The predicted molar refractivity (Wildman–Crippen MR) is 72.6 cm³/mol. The Hall–Kier alpha value is -1.14. The normalized spacial score (nSPS) is 12.0. The van der Waals surface area contributed by atoms with Crippen LogP contribution < -0.4 is 5.73 Å². The van der Waals surface area contributed by atoms with Crippen molar-refractivity contribution >= 4 is 11.9 Å². The first kappa shape index (κ1) is 17.9. The van der Waals surface area contributed by atoms with Crippen molar-refractivity contribution in [1.29, 1.82) is 0 Å². The molecule has 0 rings (SSSR count). The number of esters is 1. The highest BCUT2D eigenvalue weighted by Crippen LogP contribution is 2.03. The van der Waals surface area contributed by atoms with Crippen molar-refractivity contribution in [3.8, 4) is 0 Å². The van der Waals surface area contributed by atoms with Crippen LogP contribution in [-0.4, -0.2) is 56.2 Å². The van der Waals surface area contributed by atoms with Gasteiger partial charge >= 0.3 is 5.97 Å². The summed E-state index contributed by atoms with van der Waals surface area (Å²) >= 11 is 0. The molecule has 0 heterocycles. The molecule has 0 spiro atoms. The molecule has 0 bridgehead atoms. The number of amides is 1. The predicted octanol–water partition coefficient (Wildman–Crippen LogP) is 0.542. The van der Waals surface area contributed by atoms with Crippen LogP contribution in [0, 0.1) is 0 Å². The third-order valence-corrected chi connectivity index (χ3v) is 2.59. The summed E-state index contributed by atoms with van der Waals surface area (Å²) < 4.78 is 9.79. The summed E-state index contributed by atoms with van der Waals surface area (Å²) in [5, 5.41) is 0. The van der Waals surface area contributed by atoms with Crippen molar-refractivity contribution in [2.45, 2.75) is 39.2 Å². The van der Waals surface area contributed by atoms with Crippen LogP contribution in [0.4, 0.5) is 0 Å². The Morgan fingerprint density at radius 2 is 2.05 bits per heavy atom. The fraction of sp³-hybridized carbons (Fsp3) is 0.846. The number of rotatable bonds is 10. The molecular weight excluding hydrogens is 248 g/mol. The number of carbonyl (C=O) groups is 2. The number of carbonyl (C=O) groups excluding carboxylic acids is 2. The fourth-order valence-electron chi connectivity index (χ4n) is 1.59. The molecule has 19 heavy (non-hydrogen) atoms. The van der Waals surface area contributed by atoms with Crippen molar-refractivity contribution in [3.63, 3.8) is 0 Å². The number of nitrogens with two attached hydrogens (primary N) is 1. The van der Waals surface area contributed by atoms with E-state index in [9.17, 15) is 9.59 Å². The maximum Gasteiger partial charge on any atom is 0.325 e. The number of hydrogen-bond donors (Lipinski definition) is 1. The molecule has 112 valence electrons. The molecule has 0 aromatic rings. The molecule has 6 nitrogen and oxygen atoms in total. The van der Waals surface area contributed by atoms with E-state index in [0.717, 1.165) is 12.8 Å². The Kier molecular flexibility index (Phi) is 10.1. The fourth-order valence-corrected chi connectivity index (χ4v) is 1.59. The molecule has 0 aliphatic carbocycles. The van der Waals surface area contributed by atoms with Gasteiger partial charge in [0.2, 0.25) is 5.91 Å². The van der Waals surface area contributed by atoms with E-state index in [4.69, 9.17) is 15.2 Å². The SMILES string of the molecule is CCOC(=O)CN(CCOC)C(=O)CCCC(C)N. The maximum absolute atomic E-state index is 12.0. The van der Waals surface area contributed by atoms with Crippen LogP contribution in [0.2, 0.25) is 0 Å². The van der Waals surface area contributed by atoms with Crippen molar-refractivity contribution in [1.82, 2.24) is 4.90 Å². The molecular formula is C13H26N2O4. The van der Waals surface area contributed by atoms with Crippen LogP contribution in [0.5, 0.6) is 0 Å². The van der Waals surface area contributed by atoms with Crippen LogP contribution in [0.15, 0.2) is 0 Å². The smallest absolute Gasteiger partial charge is 0.325 e. The Balaban J connectivity index is 4.22. The highest BCUT2D eigenvalue weighted by atomic mass is 16.5. The Bertz CT molecular complexity index is 269. The third kappa shape index (κ3) is 9.44. The molecule has 2 N–H and O–H groups in total. The van der Waals surface area contributed by atoms with Crippen molar-refractivity contribution in [2.75, 3.05) is 33.4 Å². The average Bonchev–Trinajstić information content (AvgIpc) is 2.34. The van der Waals surface area contributed by atoms with Crippen LogP contribution in [-0.2, 0) is 19.1 Å². The minimum absolute atomic E-state index is 0.0196. The Morgan fingerprint density at radius 3 is 2.58 bits per heavy atom. The van der Waals surface area contributed by atoms with Gasteiger partial charge in [-0.05, 0) is 26.7 Å². The maximum atomic E-state index is 12.0. The second-order valence-electron chi connectivity index (χ2n) is 4.48. The summed E-state index contributed by atoms with van der Waals surface area (Å²) in [4.78, 5) is 24.9. The van der Waals surface area contributed by atoms with Gasteiger partial charge in [0.25, 0.3) is 0 Å². The first-order chi connectivity index (χ1) is 9.01. The highest BCUT2D eigenvalue weighted by molar-refractivity contribution is 5.82. The van der Waals surface area contributed by atoms with Gasteiger partial charge in [-0.1, -0.05) is 0 Å². The van der Waals surface area contributed by atoms with Gasteiger partial charge in [0.15, 0.2) is 0 Å². The van der Waals surface area contributed by atoms with E-state index >= 15 is 0 Å². The lowest BCUT2D eigenvalue weighted by Crippen LogP contribution is -2.38. The van der Waals surface area contributed by atoms with Crippen molar-refractivity contribution < 1.29 is 19.1 Å². The third-order valence-electron chi connectivity index (χ3n) is 2.59. The molecule has 0 aliphatic rings. The minimum atomic E-state index is -0.390. The van der Waals surface area contributed by atoms with E-state index in [-0.39, 0.29) is 24.5 Å². The second kappa shape index (κ2) is 10.8. The molecule has 1 amide bonds. The number of hydrogen-bond acceptors (Lipinski definition) is 5. The number of nitrogens with zero attached hydrogens (tertiary/aromatic N) is 1. The first-order valence-electron chi connectivity index (χ1n) is 6.69. The summed E-state index contributed by atoms with van der Waals surface area (Å²) in [5.41, 5.74) is 5.64. The largest absolute Gasteiger partial charge is 0.465 e. The molecule has 0 aromatic heterocycles. The highest BCUT2D eigenvalue weighted by Gasteiger charge is 2.17. The summed E-state index contributed by atoms with van der Waals surface area (Å²) in [6.45, 7) is 4.74. The molecule has 6 heteroatoms. The summed E-state index contributed by atoms with van der Waals surface area (Å²) in [7, 11) is 1.56. The van der Waals surface area contributed by atoms with Gasteiger partial charge in [-0.3, -0.25) is 9.59 Å². The molecule has 0 aliphatic heterocycles. The van der Waals surface area contributed by atoms with Crippen LogP contribution in [0.3, 0.4) is 0 Å². The van der Waals surface area contributed by atoms with E-state index < -0.39 is 0 Å². The molecule has 0 saturated heterocycles. The van der Waals surface area contributed by atoms with Gasteiger partial charge in [0, 0.05) is 26.1 Å². The zero-order chi connectivity index (χ0) is 14.7. The Morgan fingerprint density at radius 1 is 1.37 bits per heavy atom. The van der Waals surface area contributed by atoms with Gasteiger partial charge in [-0.15, -0.1) is 0 Å². The summed E-state index contributed by atoms with van der Waals surface area (Å²) in [5.74, 6) is -0.454. The standard InChI is InChI=1S/C13H26N2O4/c1-4-19-13(17)10-15(8-9-18-3)12(16)7-5-6-11(2)14/h11H,4-10,14H2,1-3H3. The number of methoxy groups -OCH3 is 1. The van der Waals surface area contributed by atoms with Crippen LogP contribution in [0.25, 0.3) is 0 Å². The lowest BCUT2D eigenvalue weighted by molar-refractivity contribution is -0.149. The van der Waals surface area contributed by atoms with E-state index in [1.54, 1.807) is 14.0 Å². The second-order valence-corrected chi connectivity index (χ2v) is 4.48. The van der Waals surface area contributed by atoms with Crippen molar-refractivity contribution in [2.24, 2.45) is 5.73 Å². The Labute approximate surface area is 115 Å². The van der Waals surface area contributed by atoms with E-state index in [2.05, 4.69) is 0 Å². The van der Waals surface area contributed by atoms with Gasteiger partial charge in [-0.25, -0.2) is 0 Å². The van der Waals surface area contributed by atoms with Gasteiger partial charge < -0.3 is 20.1 Å². The summed E-state index contributed by atoms with van der Waals surface area (Å²) in [6, 6.07) is 0.0882.